The molecule has 0 atom stereocenters. The van der Waals surface area contributed by atoms with E-state index in [-0.39, 0.29) is 5.84 Å². The van der Waals surface area contributed by atoms with Crippen molar-refractivity contribution in [2.75, 3.05) is 14.2 Å². The molecule has 2 aromatic rings. The van der Waals surface area contributed by atoms with Crippen LogP contribution >= 0.6 is 11.3 Å². The molecule has 0 aliphatic heterocycles. The second kappa shape index (κ2) is 3.82. The molecule has 0 aliphatic rings. The largest absolute Gasteiger partial charge is 0.480 e. The Morgan fingerprint density at radius 3 is 3.00 bits per heavy atom. The van der Waals surface area contributed by atoms with Gasteiger partial charge in [-0.15, -0.1) is 11.3 Å². The van der Waals surface area contributed by atoms with Crippen molar-refractivity contribution >= 4 is 27.4 Å². The van der Waals surface area contributed by atoms with E-state index in [9.17, 15) is 0 Å². The second-order valence-corrected chi connectivity index (χ2v) is 3.73. The third-order valence-electron chi connectivity index (χ3n) is 1.94. The van der Waals surface area contributed by atoms with Crippen molar-refractivity contribution in [3.8, 4) is 5.88 Å². The molecule has 0 spiro atoms. The molecular weight excluding hydrogens is 212 g/mol. The number of ether oxygens (including phenoxy) is 1. The molecule has 0 amide bonds. The van der Waals surface area contributed by atoms with Crippen LogP contribution in [0.3, 0.4) is 0 Å². The smallest absolute Gasteiger partial charge is 0.235 e. The summed E-state index contributed by atoms with van der Waals surface area (Å²) >= 11 is 1.53. The normalized spacial score (nSPS) is 10.3. The fourth-order valence-electron chi connectivity index (χ4n) is 1.20. The lowest BCUT2D eigenvalue weighted by Gasteiger charge is -2.04. The van der Waals surface area contributed by atoms with Gasteiger partial charge in [-0.2, -0.15) is 4.98 Å². The Kier molecular flexibility index (Phi) is 2.51. The predicted octanol–water partition coefficient (Wildman–Crippen LogP) is 1.24. The monoisotopic (exact) mass is 222 g/mol. The van der Waals surface area contributed by atoms with Crippen molar-refractivity contribution in [1.82, 2.24) is 15.3 Å². The molecule has 6 heteroatoms. The number of amidine groups is 1. The summed E-state index contributed by atoms with van der Waals surface area (Å²) in [5.41, 5.74) is 0.807. The van der Waals surface area contributed by atoms with Crippen LogP contribution < -0.4 is 10.1 Å². The maximum Gasteiger partial charge on any atom is 0.235 e. The standard InChI is InChI=1S/C9H10N4OS/c1-11-7(10)8-12-5-3-4-15-6(5)9(13-8)14-2/h3-4H,1-2H3,(H2,10,11). The highest BCUT2D eigenvalue weighted by Gasteiger charge is 2.11. The van der Waals surface area contributed by atoms with Crippen LogP contribution in [0.1, 0.15) is 5.82 Å². The summed E-state index contributed by atoms with van der Waals surface area (Å²) in [4.78, 5) is 8.40. The first-order chi connectivity index (χ1) is 7.26. The highest BCUT2D eigenvalue weighted by atomic mass is 32.1. The van der Waals surface area contributed by atoms with Gasteiger partial charge in [0.25, 0.3) is 0 Å². The van der Waals surface area contributed by atoms with Gasteiger partial charge < -0.3 is 10.1 Å². The Morgan fingerprint density at radius 1 is 1.53 bits per heavy atom. The molecule has 0 unspecified atom stereocenters. The van der Waals surface area contributed by atoms with E-state index >= 15 is 0 Å². The van der Waals surface area contributed by atoms with E-state index in [4.69, 9.17) is 10.1 Å². The van der Waals surface area contributed by atoms with Crippen molar-refractivity contribution in [3.63, 3.8) is 0 Å². The van der Waals surface area contributed by atoms with E-state index in [1.807, 2.05) is 11.4 Å². The molecule has 2 rings (SSSR count). The minimum Gasteiger partial charge on any atom is -0.480 e. The fourth-order valence-corrected chi connectivity index (χ4v) is 2.00. The molecule has 0 aliphatic carbocycles. The van der Waals surface area contributed by atoms with Crippen molar-refractivity contribution in [2.24, 2.45) is 0 Å². The maximum atomic E-state index is 7.59. The number of methoxy groups -OCH3 is 1. The lowest BCUT2D eigenvalue weighted by atomic mass is 10.4. The third kappa shape index (κ3) is 1.63. The molecule has 15 heavy (non-hydrogen) atoms. The van der Waals surface area contributed by atoms with Gasteiger partial charge in [-0.3, -0.25) is 5.41 Å². The zero-order valence-corrected chi connectivity index (χ0v) is 9.18. The highest BCUT2D eigenvalue weighted by molar-refractivity contribution is 7.17. The minimum atomic E-state index is 0.182. The number of thiophene rings is 1. The summed E-state index contributed by atoms with van der Waals surface area (Å²) in [5, 5.41) is 12.2. The van der Waals surface area contributed by atoms with Gasteiger partial charge in [-0.25, -0.2) is 4.98 Å². The number of rotatable bonds is 2. The summed E-state index contributed by atoms with van der Waals surface area (Å²) < 4.78 is 6.06. The van der Waals surface area contributed by atoms with Crippen LogP contribution in [0.2, 0.25) is 0 Å². The van der Waals surface area contributed by atoms with Crippen molar-refractivity contribution < 1.29 is 4.74 Å². The number of aromatic nitrogens is 2. The molecule has 78 valence electrons. The van der Waals surface area contributed by atoms with Crippen LogP contribution in [0.15, 0.2) is 11.4 Å². The lowest BCUT2D eigenvalue weighted by Crippen LogP contribution is -2.21. The number of nitrogens with one attached hydrogen (secondary N) is 2. The summed E-state index contributed by atoms with van der Waals surface area (Å²) in [7, 11) is 3.23. The first-order valence-electron chi connectivity index (χ1n) is 4.32. The summed E-state index contributed by atoms with van der Waals surface area (Å²) in [6.45, 7) is 0. The van der Waals surface area contributed by atoms with Crippen LogP contribution in [0.25, 0.3) is 10.2 Å². The molecule has 0 bridgehead atoms. The van der Waals surface area contributed by atoms with E-state index in [0.29, 0.717) is 11.7 Å². The number of hydrogen-bond donors (Lipinski definition) is 2. The molecule has 0 saturated carbocycles. The number of nitrogens with zero attached hydrogens (tertiary/aromatic N) is 2. The van der Waals surface area contributed by atoms with Crippen LogP contribution in [0.4, 0.5) is 0 Å². The van der Waals surface area contributed by atoms with E-state index in [1.54, 1.807) is 14.2 Å². The van der Waals surface area contributed by atoms with Gasteiger partial charge in [0.2, 0.25) is 5.88 Å². The molecule has 0 saturated heterocycles. The highest BCUT2D eigenvalue weighted by Crippen LogP contribution is 2.27. The van der Waals surface area contributed by atoms with Crippen LogP contribution in [0.5, 0.6) is 5.88 Å². The molecule has 2 aromatic heterocycles. The van der Waals surface area contributed by atoms with E-state index in [2.05, 4.69) is 15.3 Å². The Bertz CT molecular complexity index is 508. The van der Waals surface area contributed by atoms with Gasteiger partial charge in [0, 0.05) is 7.05 Å². The zero-order valence-electron chi connectivity index (χ0n) is 8.37. The SMILES string of the molecule is CNC(=N)c1nc(OC)c2sccc2n1. The molecule has 2 N–H and O–H groups in total. The van der Waals surface area contributed by atoms with E-state index in [0.717, 1.165) is 10.2 Å². The van der Waals surface area contributed by atoms with Gasteiger partial charge in [0.05, 0.1) is 12.6 Å². The molecule has 5 nitrogen and oxygen atoms in total. The Labute approximate surface area is 90.6 Å². The lowest BCUT2D eigenvalue weighted by molar-refractivity contribution is 0.403. The van der Waals surface area contributed by atoms with Gasteiger partial charge >= 0.3 is 0 Å². The zero-order chi connectivity index (χ0) is 10.8. The fraction of sp³-hybridized carbons (Fsp3) is 0.222. The first kappa shape index (κ1) is 9.85. The van der Waals surface area contributed by atoms with Crippen LogP contribution in [-0.2, 0) is 0 Å². The summed E-state index contributed by atoms with van der Waals surface area (Å²) in [6.07, 6.45) is 0. The Balaban J connectivity index is 2.63. The molecule has 0 fully saturated rings. The molecule has 0 aromatic carbocycles. The van der Waals surface area contributed by atoms with Gasteiger partial charge in [-0.05, 0) is 11.4 Å². The van der Waals surface area contributed by atoms with Crippen molar-refractivity contribution in [1.29, 1.82) is 5.41 Å². The molecular formula is C9H10N4OS. The summed E-state index contributed by atoms with van der Waals surface area (Å²) in [6, 6.07) is 1.89. The number of hydrogen-bond acceptors (Lipinski definition) is 5. The average molecular weight is 222 g/mol. The van der Waals surface area contributed by atoms with Gasteiger partial charge in [0.15, 0.2) is 11.7 Å². The summed E-state index contributed by atoms with van der Waals surface area (Å²) in [5.74, 6) is 1.05. The predicted molar refractivity (Wildman–Crippen MR) is 59.9 cm³/mol. The number of fused-ring (bicyclic) bond motifs is 1. The topological polar surface area (TPSA) is 70.9 Å². The Morgan fingerprint density at radius 2 is 2.33 bits per heavy atom. The van der Waals surface area contributed by atoms with E-state index < -0.39 is 0 Å². The minimum absolute atomic E-state index is 0.182. The maximum absolute atomic E-state index is 7.59. The third-order valence-corrected chi connectivity index (χ3v) is 2.83. The van der Waals surface area contributed by atoms with Crippen molar-refractivity contribution in [2.45, 2.75) is 0 Å². The first-order valence-corrected chi connectivity index (χ1v) is 5.20. The van der Waals surface area contributed by atoms with Gasteiger partial charge in [0.1, 0.15) is 4.70 Å². The van der Waals surface area contributed by atoms with Crippen LogP contribution in [0, 0.1) is 5.41 Å². The van der Waals surface area contributed by atoms with Gasteiger partial charge in [-0.1, -0.05) is 0 Å². The van der Waals surface area contributed by atoms with Crippen LogP contribution in [-0.4, -0.2) is 30.0 Å². The second-order valence-electron chi connectivity index (χ2n) is 2.82. The molecule has 0 radical (unpaired) electrons. The Hall–Kier alpha value is -1.69. The quantitative estimate of drug-likeness (QED) is 0.592. The average Bonchev–Trinajstić information content (AvgIpc) is 2.74. The van der Waals surface area contributed by atoms with Crippen molar-refractivity contribution in [3.05, 3.63) is 17.3 Å². The molecule has 2 heterocycles. The van der Waals surface area contributed by atoms with E-state index in [1.165, 1.54) is 11.3 Å².